The minimum Gasteiger partial charge on any atom is -0.424 e. The van der Waals surface area contributed by atoms with Crippen molar-refractivity contribution in [2.45, 2.75) is 24.0 Å². The fourth-order valence-corrected chi connectivity index (χ4v) is 3.21. The Morgan fingerprint density at radius 1 is 1.09 bits per heavy atom. The third-order valence-electron chi connectivity index (χ3n) is 3.47. The number of fused-ring (bicyclic) bond motifs is 1. The molecule has 0 aliphatic carbocycles. The van der Waals surface area contributed by atoms with Gasteiger partial charge in [-0.05, 0) is 29.8 Å². The number of carbonyl (C=O) groups excluding carboxylic acids is 1. The zero-order valence-corrected chi connectivity index (χ0v) is 13.7. The van der Waals surface area contributed by atoms with Crippen LogP contribution in [0.1, 0.15) is 18.9 Å². The number of hydrogen-bond acceptors (Lipinski definition) is 4. The summed E-state index contributed by atoms with van der Waals surface area (Å²) in [7, 11) is 0. The van der Waals surface area contributed by atoms with Crippen LogP contribution >= 0.6 is 11.8 Å². The Balaban J connectivity index is 1.90. The lowest BCUT2D eigenvalue weighted by Gasteiger charge is -2.10. The van der Waals surface area contributed by atoms with Crippen LogP contribution in [0.15, 0.2) is 65.7 Å². The molecule has 0 amide bonds. The Morgan fingerprint density at radius 3 is 2.70 bits per heavy atom. The number of rotatable bonds is 5. The molecule has 116 valence electrons. The zero-order chi connectivity index (χ0) is 16.1. The predicted octanol–water partition coefficient (Wildman–Crippen LogP) is 4.84. The summed E-state index contributed by atoms with van der Waals surface area (Å²) in [4.78, 5) is 17.2. The lowest BCUT2D eigenvalue weighted by molar-refractivity contribution is -0.133. The van der Waals surface area contributed by atoms with Crippen molar-refractivity contribution in [1.29, 1.82) is 0 Å². The van der Waals surface area contributed by atoms with Crippen LogP contribution in [0.25, 0.3) is 10.9 Å². The molecular formula is C19H17NO2S. The first-order valence-corrected chi connectivity index (χ1v) is 8.51. The van der Waals surface area contributed by atoms with Gasteiger partial charge in [0, 0.05) is 28.7 Å². The number of benzene rings is 2. The van der Waals surface area contributed by atoms with E-state index in [1.807, 2.05) is 42.5 Å². The SMILES string of the molecule is CCC(=O)Oc1ccc(CSc2ccccc2)c2cccnc12. The molecule has 23 heavy (non-hydrogen) atoms. The Bertz CT molecular complexity index is 818. The van der Waals surface area contributed by atoms with E-state index in [0.717, 1.165) is 16.7 Å². The van der Waals surface area contributed by atoms with E-state index in [-0.39, 0.29) is 5.97 Å². The van der Waals surface area contributed by atoms with E-state index in [1.54, 1.807) is 24.9 Å². The fourth-order valence-electron chi connectivity index (χ4n) is 2.29. The number of thioether (sulfide) groups is 1. The Kier molecular flexibility index (Phi) is 4.93. The van der Waals surface area contributed by atoms with Crippen LogP contribution in [0, 0.1) is 0 Å². The van der Waals surface area contributed by atoms with Crippen LogP contribution in [0.2, 0.25) is 0 Å². The molecular weight excluding hydrogens is 306 g/mol. The summed E-state index contributed by atoms with van der Waals surface area (Å²) >= 11 is 1.78. The minimum atomic E-state index is -0.247. The molecule has 0 N–H and O–H groups in total. The van der Waals surface area contributed by atoms with E-state index in [2.05, 4.69) is 17.1 Å². The molecule has 1 aromatic heterocycles. The van der Waals surface area contributed by atoms with E-state index < -0.39 is 0 Å². The van der Waals surface area contributed by atoms with Gasteiger partial charge in [0.15, 0.2) is 5.75 Å². The highest BCUT2D eigenvalue weighted by molar-refractivity contribution is 7.98. The minimum absolute atomic E-state index is 0.247. The summed E-state index contributed by atoms with van der Waals surface area (Å²) in [5.41, 5.74) is 1.92. The highest BCUT2D eigenvalue weighted by Gasteiger charge is 2.11. The molecule has 0 saturated heterocycles. The molecule has 0 bridgehead atoms. The molecule has 0 atom stereocenters. The number of aromatic nitrogens is 1. The number of esters is 1. The largest absolute Gasteiger partial charge is 0.424 e. The van der Waals surface area contributed by atoms with E-state index in [9.17, 15) is 4.79 Å². The summed E-state index contributed by atoms with van der Waals surface area (Å²) in [5.74, 6) is 1.12. The quantitative estimate of drug-likeness (QED) is 0.382. The zero-order valence-electron chi connectivity index (χ0n) is 12.9. The van der Waals surface area contributed by atoms with Crippen molar-refractivity contribution in [3.63, 3.8) is 0 Å². The first-order valence-electron chi connectivity index (χ1n) is 7.53. The maximum absolute atomic E-state index is 11.6. The van der Waals surface area contributed by atoms with Gasteiger partial charge in [0.05, 0.1) is 0 Å². The van der Waals surface area contributed by atoms with Gasteiger partial charge in [0.2, 0.25) is 0 Å². The van der Waals surface area contributed by atoms with E-state index in [0.29, 0.717) is 12.2 Å². The molecule has 0 unspecified atom stereocenters. The van der Waals surface area contributed by atoms with Crippen LogP contribution in [0.5, 0.6) is 5.75 Å². The third-order valence-corrected chi connectivity index (χ3v) is 4.53. The van der Waals surface area contributed by atoms with Crippen molar-refractivity contribution in [2.75, 3.05) is 0 Å². The first-order chi connectivity index (χ1) is 11.3. The molecule has 0 aliphatic rings. The smallest absolute Gasteiger partial charge is 0.310 e. The molecule has 0 saturated carbocycles. The molecule has 0 aliphatic heterocycles. The Morgan fingerprint density at radius 2 is 1.91 bits per heavy atom. The second-order valence-corrected chi connectivity index (χ2v) is 6.10. The number of hydrogen-bond donors (Lipinski definition) is 0. The molecule has 2 aromatic carbocycles. The van der Waals surface area contributed by atoms with Gasteiger partial charge in [0.1, 0.15) is 5.52 Å². The third kappa shape index (κ3) is 3.71. The van der Waals surface area contributed by atoms with Crippen LogP contribution in [-0.2, 0) is 10.5 Å². The van der Waals surface area contributed by atoms with Crippen molar-refractivity contribution >= 4 is 28.6 Å². The second kappa shape index (κ2) is 7.29. The van der Waals surface area contributed by atoms with Gasteiger partial charge >= 0.3 is 5.97 Å². The summed E-state index contributed by atoms with van der Waals surface area (Å²) in [6.45, 7) is 1.78. The monoisotopic (exact) mass is 323 g/mol. The average molecular weight is 323 g/mol. The summed E-state index contributed by atoms with van der Waals surface area (Å²) in [5, 5.41) is 1.03. The summed E-state index contributed by atoms with van der Waals surface area (Å²) < 4.78 is 5.39. The molecule has 3 aromatic rings. The first kappa shape index (κ1) is 15.6. The van der Waals surface area contributed by atoms with Gasteiger partial charge in [0.25, 0.3) is 0 Å². The van der Waals surface area contributed by atoms with Crippen molar-refractivity contribution in [2.24, 2.45) is 0 Å². The maximum atomic E-state index is 11.6. The number of ether oxygens (including phenoxy) is 1. The highest BCUT2D eigenvalue weighted by Crippen LogP contribution is 2.31. The van der Waals surface area contributed by atoms with Gasteiger partial charge in [-0.3, -0.25) is 9.78 Å². The molecule has 3 nitrogen and oxygen atoms in total. The number of nitrogens with zero attached hydrogens (tertiary/aromatic N) is 1. The van der Waals surface area contributed by atoms with Gasteiger partial charge < -0.3 is 4.74 Å². The van der Waals surface area contributed by atoms with E-state index >= 15 is 0 Å². The molecule has 0 fully saturated rings. The van der Waals surface area contributed by atoms with Crippen LogP contribution in [-0.4, -0.2) is 11.0 Å². The van der Waals surface area contributed by atoms with Crippen molar-refractivity contribution < 1.29 is 9.53 Å². The fraction of sp³-hybridized carbons (Fsp3) is 0.158. The normalized spacial score (nSPS) is 10.7. The Hall–Kier alpha value is -2.33. The summed E-state index contributed by atoms with van der Waals surface area (Å²) in [6, 6.07) is 18.1. The number of pyridine rings is 1. The van der Waals surface area contributed by atoms with E-state index in [4.69, 9.17) is 4.74 Å². The highest BCUT2D eigenvalue weighted by atomic mass is 32.2. The van der Waals surface area contributed by atoms with Crippen molar-refractivity contribution in [3.8, 4) is 5.75 Å². The van der Waals surface area contributed by atoms with Crippen LogP contribution in [0.4, 0.5) is 0 Å². The topological polar surface area (TPSA) is 39.2 Å². The van der Waals surface area contributed by atoms with Gasteiger partial charge in [-0.25, -0.2) is 0 Å². The maximum Gasteiger partial charge on any atom is 0.310 e. The molecule has 0 radical (unpaired) electrons. The van der Waals surface area contributed by atoms with Crippen LogP contribution < -0.4 is 4.74 Å². The van der Waals surface area contributed by atoms with E-state index in [1.165, 1.54) is 10.5 Å². The molecule has 0 spiro atoms. The van der Waals surface area contributed by atoms with Gasteiger partial charge in [-0.1, -0.05) is 37.3 Å². The van der Waals surface area contributed by atoms with Crippen LogP contribution in [0.3, 0.4) is 0 Å². The summed E-state index contributed by atoms with van der Waals surface area (Å²) in [6.07, 6.45) is 2.07. The van der Waals surface area contributed by atoms with Gasteiger partial charge in [-0.2, -0.15) is 0 Å². The van der Waals surface area contributed by atoms with Crippen molar-refractivity contribution in [3.05, 3.63) is 66.4 Å². The van der Waals surface area contributed by atoms with Crippen molar-refractivity contribution in [1.82, 2.24) is 4.98 Å². The van der Waals surface area contributed by atoms with Gasteiger partial charge in [-0.15, -0.1) is 11.8 Å². The molecule has 4 heteroatoms. The standard InChI is InChI=1S/C19H17NO2S/c1-2-18(21)22-17-11-10-14(16-9-6-12-20-19(16)17)13-23-15-7-4-3-5-8-15/h3-12H,2,13H2,1H3. The lowest BCUT2D eigenvalue weighted by Crippen LogP contribution is -2.06. The average Bonchev–Trinajstić information content (AvgIpc) is 2.62. The lowest BCUT2D eigenvalue weighted by atomic mass is 10.1. The number of carbonyl (C=O) groups is 1. The molecule has 3 rings (SSSR count). The Labute approximate surface area is 139 Å². The molecule has 1 heterocycles. The predicted molar refractivity (Wildman–Crippen MR) is 93.7 cm³/mol. The second-order valence-electron chi connectivity index (χ2n) is 5.05.